The van der Waals surface area contributed by atoms with Crippen LogP contribution >= 0.6 is 0 Å². The first-order valence-corrected chi connectivity index (χ1v) is 10.3. The Bertz CT molecular complexity index is 859. The van der Waals surface area contributed by atoms with Crippen LogP contribution in [0.1, 0.15) is 78.8 Å². The molecule has 0 aromatic heterocycles. The number of benzene rings is 2. The van der Waals surface area contributed by atoms with Crippen molar-refractivity contribution in [3.05, 3.63) is 70.5 Å². The standard InChI is InChI=1S/C25H31FO3/c1-6-16(3)23(14-19-10-8-9-11-22(19)18(5)27)17(4)21-13-12-20(15-24(21)26)25(28)29-7-2/h8-13,15-17,23H,6-7,14H2,1-5H3. The van der Waals surface area contributed by atoms with E-state index in [2.05, 4.69) is 13.8 Å². The number of Topliss-reactive ketones (excluding diaryl/α,β-unsaturated/α-hetero) is 1. The minimum atomic E-state index is -0.514. The summed E-state index contributed by atoms with van der Waals surface area (Å²) in [6.45, 7) is 9.87. The molecule has 0 spiro atoms. The van der Waals surface area contributed by atoms with Gasteiger partial charge in [0.05, 0.1) is 12.2 Å². The maximum Gasteiger partial charge on any atom is 0.338 e. The van der Waals surface area contributed by atoms with Gasteiger partial charge in [-0.3, -0.25) is 4.79 Å². The van der Waals surface area contributed by atoms with Crippen molar-refractivity contribution in [2.24, 2.45) is 11.8 Å². The van der Waals surface area contributed by atoms with E-state index in [-0.39, 0.29) is 29.8 Å². The number of halogens is 1. The van der Waals surface area contributed by atoms with Gasteiger partial charge in [0.15, 0.2) is 5.78 Å². The number of ketones is 1. The molecule has 3 unspecified atom stereocenters. The van der Waals surface area contributed by atoms with Crippen molar-refractivity contribution in [3.8, 4) is 0 Å². The van der Waals surface area contributed by atoms with E-state index >= 15 is 0 Å². The van der Waals surface area contributed by atoms with Crippen molar-refractivity contribution in [3.63, 3.8) is 0 Å². The molecule has 29 heavy (non-hydrogen) atoms. The topological polar surface area (TPSA) is 43.4 Å². The molecular formula is C25H31FO3. The molecule has 0 aliphatic rings. The molecule has 0 heterocycles. The number of ether oxygens (including phenoxy) is 1. The quantitative estimate of drug-likeness (QED) is 0.372. The largest absolute Gasteiger partial charge is 0.462 e. The maximum absolute atomic E-state index is 14.9. The van der Waals surface area contributed by atoms with Gasteiger partial charge in [-0.15, -0.1) is 0 Å². The van der Waals surface area contributed by atoms with Crippen LogP contribution in [0.15, 0.2) is 42.5 Å². The predicted molar refractivity (Wildman–Crippen MR) is 114 cm³/mol. The Kier molecular flexibility index (Phi) is 8.12. The first-order chi connectivity index (χ1) is 13.8. The maximum atomic E-state index is 14.9. The average Bonchev–Trinajstić information content (AvgIpc) is 2.71. The smallest absolute Gasteiger partial charge is 0.338 e. The molecule has 0 aliphatic heterocycles. The molecule has 3 nitrogen and oxygen atoms in total. The summed E-state index contributed by atoms with van der Waals surface area (Å²) < 4.78 is 19.9. The lowest BCUT2D eigenvalue weighted by atomic mass is 9.74. The van der Waals surface area contributed by atoms with E-state index < -0.39 is 11.8 Å². The van der Waals surface area contributed by atoms with E-state index in [1.165, 1.54) is 6.07 Å². The third kappa shape index (κ3) is 5.53. The van der Waals surface area contributed by atoms with E-state index in [1.54, 1.807) is 26.0 Å². The molecule has 0 N–H and O–H groups in total. The van der Waals surface area contributed by atoms with Gasteiger partial charge < -0.3 is 4.74 Å². The highest BCUT2D eigenvalue weighted by molar-refractivity contribution is 5.95. The fraction of sp³-hybridized carbons (Fsp3) is 0.440. The van der Waals surface area contributed by atoms with E-state index in [9.17, 15) is 14.0 Å². The summed E-state index contributed by atoms with van der Waals surface area (Å²) in [5, 5.41) is 0. The van der Waals surface area contributed by atoms with Crippen LogP contribution in [0.4, 0.5) is 4.39 Å². The summed E-state index contributed by atoms with van der Waals surface area (Å²) in [7, 11) is 0. The van der Waals surface area contributed by atoms with Crippen LogP contribution in [0.3, 0.4) is 0 Å². The molecule has 156 valence electrons. The summed E-state index contributed by atoms with van der Waals surface area (Å²) in [6, 6.07) is 12.2. The molecule has 0 fully saturated rings. The van der Waals surface area contributed by atoms with E-state index in [0.717, 1.165) is 17.5 Å². The zero-order valence-electron chi connectivity index (χ0n) is 18.0. The molecule has 0 aliphatic carbocycles. The van der Waals surface area contributed by atoms with Crippen molar-refractivity contribution < 1.29 is 18.7 Å². The van der Waals surface area contributed by atoms with Crippen molar-refractivity contribution in [1.82, 2.24) is 0 Å². The summed E-state index contributed by atoms with van der Waals surface area (Å²) in [5.74, 6) is -0.435. The molecule has 2 aromatic carbocycles. The molecule has 0 amide bonds. The Balaban J connectivity index is 2.36. The average molecular weight is 399 g/mol. The van der Waals surface area contributed by atoms with Gasteiger partial charge in [-0.2, -0.15) is 0 Å². The van der Waals surface area contributed by atoms with Crippen LogP contribution in [-0.4, -0.2) is 18.4 Å². The molecule has 0 radical (unpaired) electrons. The van der Waals surface area contributed by atoms with Gasteiger partial charge in [0.25, 0.3) is 0 Å². The van der Waals surface area contributed by atoms with Gasteiger partial charge in [-0.25, -0.2) is 9.18 Å². The molecule has 0 saturated heterocycles. The van der Waals surface area contributed by atoms with Gasteiger partial charge in [-0.1, -0.05) is 57.5 Å². The molecule has 4 heteroatoms. The number of carbonyl (C=O) groups is 2. The summed E-state index contributed by atoms with van der Waals surface area (Å²) in [5.41, 5.74) is 2.54. The van der Waals surface area contributed by atoms with E-state index in [4.69, 9.17) is 4.74 Å². The number of hydrogen-bond donors (Lipinski definition) is 0. The number of carbonyl (C=O) groups excluding carboxylic acids is 2. The van der Waals surface area contributed by atoms with Crippen molar-refractivity contribution >= 4 is 11.8 Å². The number of hydrogen-bond acceptors (Lipinski definition) is 3. The lowest BCUT2D eigenvalue weighted by molar-refractivity contribution is 0.0525. The van der Waals surface area contributed by atoms with Crippen LogP contribution in [0, 0.1) is 17.7 Å². The second-order valence-corrected chi connectivity index (χ2v) is 7.71. The Morgan fingerprint density at radius 1 is 1.07 bits per heavy atom. The second-order valence-electron chi connectivity index (χ2n) is 7.71. The van der Waals surface area contributed by atoms with Crippen LogP contribution < -0.4 is 0 Å². The second kappa shape index (κ2) is 10.3. The number of esters is 1. The van der Waals surface area contributed by atoms with Crippen LogP contribution in [-0.2, 0) is 11.2 Å². The fourth-order valence-corrected chi connectivity index (χ4v) is 3.94. The first-order valence-electron chi connectivity index (χ1n) is 10.3. The van der Waals surface area contributed by atoms with Gasteiger partial charge in [-0.05, 0) is 61.3 Å². The van der Waals surface area contributed by atoms with Crippen LogP contribution in [0.2, 0.25) is 0 Å². The van der Waals surface area contributed by atoms with Crippen LogP contribution in [0.5, 0.6) is 0 Å². The Morgan fingerprint density at radius 3 is 2.34 bits per heavy atom. The van der Waals surface area contributed by atoms with Gasteiger partial charge >= 0.3 is 5.97 Å². The van der Waals surface area contributed by atoms with Gasteiger partial charge in [0.2, 0.25) is 0 Å². The Hall–Kier alpha value is -2.49. The molecule has 2 rings (SSSR count). The Labute approximate surface area is 173 Å². The molecular weight excluding hydrogens is 367 g/mol. The normalized spacial score (nSPS) is 14.1. The summed E-state index contributed by atoms with van der Waals surface area (Å²) >= 11 is 0. The molecule has 3 atom stereocenters. The van der Waals surface area contributed by atoms with Gasteiger partial charge in [0, 0.05) is 5.56 Å². The van der Waals surface area contributed by atoms with Crippen molar-refractivity contribution in [2.45, 2.75) is 53.4 Å². The number of rotatable bonds is 9. The molecule has 0 bridgehead atoms. The third-order valence-corrected chi connectivity index (χ3v) is 5.87. The van der Waals surface area contributed by atoms with E-state index in [1.807, 2.05) is 31.2 Å². The first kappa shape index (κ1) is 22.8. The predicted octanol–water partition coefficient (Wildman–Crippen LogP) is 6.21. The van der Waals surface area contributed by atoms with Crippen molar-refractivity contribution in [1.29, 1.82) is 0 Å². The Morgan fingerprint density at radius 2 is 1.76 bits per heavy atom. The zero-order valence-corrected chi connectivity index (χ0v) is 18.0. The monoisotopic (exact) mass is 398 g/mol. The zero-order chi connectivity index (χ0) is 21.6. The minimum Gasteiger partial charge on any atom is -0.462 e. The van der Waals surface area contributed by atoms with Crippen LogP contribution in [0.25, 0.3) is 0 Å². The lowest BCUT2D eigenvalue weighted by Gasteiger charge is -2.30. The third-order valence-electron chi connectivity index (χ3n) is 5.87. The van der Waals surface area contributed by atoms with Crippen molar-refractivity contribution in [2.75, 3.05) is 6.61 Å². The highest BCUT2D eigenvalue weighted by atomic mass is 19.1. The highest BCUT2D eigenvalue weighted by Crippen LogP contribution is 2.36. The lowest BCUT2D eigenvalue weighted by Crippen LogP contribution is -2.22. The molecule has 2 aromatic rings. The van der Waals surface area contributed by atoms with E-state index in [0.29, 0.717) is 17.9 Å². The highest BCUT2D eigenvalue weighted by Gasteiger charge is 2.27. The fourth-order valence-electron chi connectivity index (χ4n) is 3.94. The minimum absolute atomic E-state index is 0.0427. The SMILES string of the molecule is CCOC(=O)c1ccc(C(C)C(Cc2ccccc2C(C)=O)C(C)CC)c(F)c1. The summed E-state index contributed by atoms with van der Waals surface area (Å²) in [6.07, 6.45) is 1.66. The molecule has 0 saturated carbocycles. The summed E-state index contributed by atoms with van der Waals surface area (Å²) in [4.78, 5) is 23.9. The van der Waals surface area contributed by atoms with Gasteiger partial charge in [0.1, 0.15) is 5.82 Å².